The summed E-state index contributed by atoms with van der Waals surface area (Å²) in [4.78, 5) is 4.54. The van der Waals surface area contributed by atoms with E-state index in [0.29, 0.717) is 18.1 Å². The van der Waals surface area contributed by atoms with Crippen LogP contribution in [0, 0.1) is 0 Å². The maximum absolute atomic E-state index is 6.23. The summed E-state index contributed by atoms with van der Waals surface area (Å²) in [5.41, 5.74) is 7.35. The lowest BCUT2D eigenvalue weighted by Gasteiger charge is -2.04. The molecule has 0 aliphatic carbocycles. The number of benzene rings is 1. The fourth-order valence-electron chi connectivity index (χ4n) is 1.85. The van der Waals surface area contributed by atoms with Gasteiger partial charge in [-0.2, -0.15) is 0 Å². The minimum atomic E-state index is 0.536. The second kappa shape index (κ2) is 5.42. The number of nitrogens with two attached hydrogens (primary N) is 1. The topological polar surface area (TPSA) is 53.1 Å². The lowest BCUT2D eigenvalue weighted by molar-refractivity contribution is 0.415. The van der Waals surface area contributed by atoms with Crippen molar-refractivity contribution < 1.29 is 4.74 Å². The van der Waals surface area contributed by atoms with Crippen molar-refractivity contribution in [2.75, 3.05) is 13.7 Å². The third-order valence-electron chi connectivity index (χ3n) is 2.80. The van der Waals surface area contributed by atoms with Crippen LogP contribution in [-0.4, -0.2) is 23.2 Å². The fourth-order valence-corrected chi connectivity index (χ4v) is 2.07. The first kappa shape index (κ1) is 12.9. The Labute approximate surface area is 111 Å². The number of methoxy groups -OCH3 is 1. The Bertz CT molecular complexity index is 551. The number of aromatic nitrogens is 2. The van der Waals surface area contributed by atoms with Crippen molar-refractivity contribution in [3.8, 4) is 17.1 Å². The minimum absolute atomic E-state index is 0.536. The summed E-state index contributed by atoms with van der Waals surface area (Å²) in [6, 6.07) is 7.74. The Hall–Kier alpha value is -1.52. The zero-order valence-corrected chi connectivity index (χ0v) is 11.2. The molecule has 0 aliphatic heterocycles. The van der Waals surface area contributed by atoms with Crippen LogP contribution in [0.5, 0.6) is 5.75 Å². The summed E-state index contributed by atoms with van der Waals surface area (Å²) in [5.74, 6) is 1.62. The highest BCUT2D eigenvalue weighted by molar-refractivity contribution is 6.30. The van der Waals surface area contributed by atoms with E-state index in [0.717, 1.165) is 22.8 Å². The van der Waals surface area contributed by atoms with E-state index < -0.39 is 0 Å². The second-order valence-corrected chi connectivity index (χ2v) is 4.36. The smallest absolute Gasteiger partial charge is 0.141 e. The molecular weight excluding hydrogens is 250 g/mol. The molecule has 1 aromatic heterocycles. The number of ether oxygens (including phenoxy) is 1. The minimum Gasteiger partial charge on any atom is -0.497 e. The molecule has 0 amide bonds. The highest BCUT2D eigenvalue weighted by Gasteiger charge is 2.14. The lowest BCUT2D eigenvalue weighted by atomic mass is 10.2. The first-order chi connectivity index (χ1) is 8.67. The molecule has 0 spiro atoms. The quantitative estimate of drug-likeness (QED) is 0.923. The summed E-state index contributed by atoms with van der Waals surface area (Å²) in [6.45, 7) is 0.536. The van der Waals surface area contributed by atoms with Crippen LogP contribution in [0.2, 0.25) is 5.15 Å². The molecule has 0 unspecified atom stereocenters. The first-order valence-corrected chi connectivity index (χ1v) is 6.10. The normalized spacial score (nSPS) is 10.7. The first-order valence-electron chi connectivity index (χ1n) is 5.73. The molecule has 2 rings (SSSR count). The Balaban J connectivity index is 2.46. The van der Waals surface area contributed by atoms with Crippen molar-refractivity contribution in [3.63, 3.8) is 0 Å². The molecule has 0 atom stereocenters. The van der Waals surface area contributed by atoms with E-state index in [1.807, 2.05) is 35.9 Å². The van der Waals surface area contributed by atoms with Gasteiger partial charge in [0, 0.05) is 19.0 Å². The van der Waals surface area contributed by atoms with E-state index in [4.69, 9.17) is 22.1 Å². The molecular formula is C13H16ClN3O. The van der Waals surface area contributed by atoms with Crippen LogP contribution in [-0.2, 0) is 13.5 Å². The second-order valence-electron chi connectivity index (χ2n) is 4.00. The van der Waals surface area contributed by atoms with Crippen molar-refractivity contribution in [1.29, 1.82) is 0 Å². The number of halogens is 1. The van der Waals surface area contributed by atoms with Gasteiger partial charge >= 0.3 is 0 Å². The van der Waals surface area contributed by atoms with E-state index in [-0.39, 0.29) is 0 Å². The Kier molecular flexibility index (Phi) is 3.89. The molecule has 5 heteroatoms. The van der Waals surface area contributed by atoms with Gasteiger partial charge in [0.1, 0.15) is 16.7 Å². The van der Waals surface area contributed by atoms with Crippen molar-refractivity contribution in [2.24, 2.45) is 12.8 Å². The fraction of sp³-hybridized carbons (Fsp3) is 0.308. The monoisotopic (exact) mass is 265 g/mol. The summed E-state index contributed by atoms with van der Waals surface area (Å²) >= 11 is 6.23. The maximum Gasteiger partial charge on any atom is 0.141 e. The van der Waals surface area contributed by atoms with Crippen LogP contribution in [0.15, 0.2) is 24.3 Å². The Morgan fingerprint density at radius 2 is 2.22 bits per heavy atom. The van der Waals surface area contributed by atoms with Gasteiger partial charge in [-0.3, -0.25) is 0 Å². The zero-order chi connectivity index (χ0) is 13.1. The summed E-state index contributed by atoms with van der Waals surface area (Å²) in [6.07, 6.45) is 0.677. The molecule has 2 aromatic rings. The molecule has 1 aromatic carbocycles. The van der Waals surface area contributed by atoms with Gasteiger partial charge in [-0.05, 0) is 18.7 Å². The van der Waals surface area contributed by atoms with E-state index in [9.17, 15) is 0 Å². The Morgan fingerprint density at radius 1 is 1.44 bits per heavy atom. The molecule has 0 fully saturated rings. The van der Waals surface area contributed by atoms with Crippen LogP contribution in [0.1, 0.15) is 5.69 Å². The highest BCUT2D eigenvalue weighted by Crippen LogP contribution is 2.27. The standard InChI is InChI=1S/C13H16ClN3O/c1-17-12(14)11(6-7-15)16-13(17)9-4-3-5-10(8-9)18-2/h3-5,8H,6-7,15H2,1-2H3. The number of hydrogen-bond donors (Lipinski definition) is 1. The van der Waals surface area contributed by atoms with Crippen LogP contribution in [0.4, 0.5) is 0 Å². The number of hydrogen-bond acceptors (Lipinski definition) is 3. The summed E-state index contributed by atoms with van der Waals surface area (Å²) in [7, 11) is 3.54. The molecule has 96 valence electrons. The van der Waals surface area contributed by atoms with Gasteiger partial charge in [0.2, 0.25) is 0 Å². The average Bonchev–Trinajstić information content (AvgIpc) is 2.68. The largest absolute Gasteiger partial charge is 0.497 e. The zero-order valence-electron chi connectivity index (χ0n) is 10.5. The van der Waals surface area contributed by atoms with Crippen LogP contribution in [0.25, 0.3) is 11.4 Å². The molecule has 0 bridgehead atoms. The van der Waals surface area contributed by atoms with Crippen LogP contribution < -0.4 is 10.5 Å². The predicted molar refractivity (Wildman–Crippen MR) is 73.0 cm³/mol. The maximum atomic E-state index is 6.23. The molecule has 0 saturated heterocycles. The van der Waals surface area contributed by atoms with E-state index in [1.165, 1.54) is 0 Å². The number of imidazole rings is 1. The highest BCUT2D eigenvalue weighted by atomic mass is 35.5. The predicted octanol–water partition coefficient (Wildman–Crippen LogP) is 2.25. The van der Waals surface area contributed by atoms with Crippen molar-refractivity contribution in [2.45, 2.75) is 6.42 Å². The number of rotatable bonds is 4. The number of nitrogens with zero attached hydrogens (tertiary/aromatic N) is 2. The molecule has 0 aliphatic rings. The average molecular weight is 266 g/mol. The van der Waals surface area contributed by atoms with Crippen molar-refractivity contribution in [1.82, 2.24) is 9.55 Å². The van der Waals surface area contributed by atoms with Gasteiger partial charge in [-0.1, -0.05) is 23.7 Å². The summed E-state index contributed by atoms with van der Waals surface area (Å²) in [5, 5.41) is 0.637. The molecule has 2 N–H and O–H groups in total. The lowest BCUT2D eigenvalue weighted by Crippen LogP contribution is -2.03. The van der Waals surface area contributed by atoms with Gasteiger partial charge in [-0.25, -0.2) is 4.98 Å². The Morgan fingerprint density at radius 3 is 2.89 bits per heavy atom. The van der Waals surface area contributed by atoms with Gasteiger partial charge < -0.3 is 15.0 Å². The molecule has 0 radical (unpaired) electrons. The molecule has 18 heavy (non-hydrogen) atoms. The van der Waals surface area contributed by atoms with Gasteiger partial charge in [0.25, 0.3) is 0 Å². The molecule has 4 nitrogen and oxygen atoms in total. The third kappa shape index (κ3) is 2.35. The van der Waals surface area contributed by atoms with Crippen molar-refractivity contribution >= 4 is 11.6 Å². The van der Waals surface area contributed by atoms with Crippen LogP contribution >= 0.6 is 11.6 Å². The molecule has 1 heterocycles. The molecule has 0 saturated carbocycles. The van der Waals surface area contributed by atoms with Crippen molar-refractivity contribution in [3.05, 3.63) is 35.1 Å². The van der Waals surface area contributed by atoms with Crippen LogP contribution in [0.3, 0.4) is 0 Å². The van der Waals surface area contributed by atoms with E-state index in [2.05, 4.69) is 4.98 Å². The third-order valence-corrected chi connectivity index (χ3v) is 3.27. The van der Waals surface area contributed by atoms with E-state index >= 15 is 0 Å². The van der Waals surface area contributed by atoms with Gasteiger partial charge in [-0.15, -0.1) is 0 Å². The summed E-state index contributed by atoms with van der Waals surface area (Å²) < 4.78 is 7.07. The van der Waals surface area contributed by atoms with Gasteiger partial charge in [0.05, 0.1) is 12.8 Å². The SMILES string of the molecule is COc1cccc(-c2nc(CCN)c(Cl)n2C)c1. The van der Waals surface area contributed by atoms with Gasteiger partial charge in [0.15, 0.2) is 0 Å². The van der Waals surface area contributed by atoms with E-state index in [1.54, 1.807) is 7.11 Å².